The maximum absolute atomic E-state index is 12.1. The predicted molar refractivity (Wildman–Crippen MR) is 63.6 cm³/mol. The van der Waals surface area contributed by atoms with Gasteiger partial charge in [0.15, 0.2) is 0 Å². The maximum Gasteiger partial charge on any atom is 0.288 e. The molecular weight excluding hydrogens is 321 g/mol. The summed E-state index contributed by atoms with van der Waals surface area (Å²) in [5, 5.41) is 1.41. The second-order valence-corrected chi connectivity index (χ2v) is 4.69. The van der Waals surface area contributed by atoms with Crippen molar-refractivity contribution in [3.05, 3.63) is 21.8 Å². The summed E-state index contributed by atoms with van der Waals surface area (Å²) in [6.07, 6.45) is 0. The molecular formula is C8H9F2IN2S. The van der Waals surface area contributed by atoms with E-state index in [0.29, 0.717) is 16.7 Å². The predicted octanol–water partition coefficient (Wildman–Crippen LogP) is 2.92. The minimum Gasteiger partial charge on any atom is -0.313 e. The number of nitrogens with two attached hydrogens (primary N) is 1. The van der Waals surface area contributed by atoms with Crippen molar-refractivity contribution in [3.8, 4) is 0 Å². The van der Waals surface area contributed by atoms with Gasteiger partial charge < -0.3 is 5.01 Å². The second kappa shape index (κ2) is 5.13. The second-order valence-electron chi connectivity index (χ2n) is 2.58. The average molecular weight is 330 g/mol. The lowest BCUT2D eigenvalue weighted by molar-refractivity contribution is 0.252. The van der Waals surface area contributed by atoms with Crippen molar-refractivity contribution in [1.29, 1.82) is 0 Å². The molecule has 0 heterocycles. The lowest BCUT2D eigenvalue weighted by Gasteiger charge is -2.15. The van der Waals surface area contributed by atoms with E-state index in [4.69, 9.17) is 5.84 Å². The van der Waals surface area contributed by atoms with Gasteiger partial charge in [0, 0.05) is 11.9 Å². The van der Waals surface area contributed by atoms with Crippen molar-refractivity contribution in [2.45, 2.75) is 10.7 Å². The highest BCUT2D eigenvalue weighted by molar-refractivity contribution is 14.1. The number of benzene rings is 1. The highest BCUT2D eigenvalue weighted by Crippen LogP contribution is 2.33. The first-order valence-electron chi connectivity index (χ1n) is 3.74. The Bertz CT molecular complexity index is 320. The van der Waals surface area contributed by atoms with Crippen molar-refractivity contribution in [2.24, 2.45) is 5.84 Å². The van der Waals surface area contributed by atoms with Gasteiger partial charge in [0.1, 0.15) is 0 Å². The number of thioether (sulfide) groups is 1. The van der Waals surface area contributed by atoms with Crippen LogP contribution in [-0.2, 0) is 0 Å². The monoisotopic (exact) mass is 330 g/mol. The third-order valence-electron chi connectivity index (χ3n) is 1.54. The molecule has 1 rings (SSSR count). The molecule has 0 radical (unpaired) electrons. The van der Waals surface area contributed by atoms with Crippen LogP contribution in [0, 0.1) is 3.57 Å². The number of rotatable bonds is 3. The summed E-state index contributed by atoms with van der Waals surface area (Å²) in [5.41, 5.74) is 0.747. The summed E-state index contributed by atoms with van der Waals surface area (Å²) < 4.78 is 25.0. The van der Waals surface area contributed by atoms with Gasteiger partial charge in [0.25, 0.3) is 5.76 Å². The molecule has 0 aromatic heterocycles. The maximum atomic E-state index is 12.1. The van der Waals surface area contributed by atoms with Gasteiger partial charge in [-0.25, -0.2) is 5.84 Å². The molecule has 0 fully saturated rings. The number of hydrogen-bond acceptors (Lipinski definition) is 3. The van der Waals surface area contributed by atoms with Crippen LogP contribution in [0.25, 0.3) is 0 Å². The molecule has 1 aromatic carbocycles. The average Bonchev–Trinajstić information content (AvgIpc) is 2.07. The van der Waals surface area contributed by atoms with Gasteiger partial charge in [-0.3, -0.25) is 0 Å². The van der Waals surface area contributed by atoms with E-state index in [1.54, 1.807) is 25.2 Å². The molecule has 6 heteroatoms. The van der Waals surface area contributed by atoms with Crippen molar-refractivity contribution >= 4 is 40.0 Å². The zero-order valence-corrected chi connectivity index (χ0v) is 10.4. The Morgan fingerprint density at radius 1 is 1.50 bits per heavy atom. The van der Waals surface area contributed by atoms with E-state index < -0.39 is 5.76 Å². The van der Waals surface area contributed by atoms with Gasteiger partial charge in [0.05, 0.1) is 9.26 Å². The highest BCUT2D eigenvalue weighted by atomic mass is 127. The molecule has 0 spiro atoms. The van der Waals surface area contributed by atoms with Crippen LogP contribution in [0.1, 0.15) is 0 Å². The fourth-order valence-electron chi connectivity index (χ4n) is 0.959. The highest BCUT2D eigenvalue weighted by Gasteiger charge is 2.12. The molecule has 0 aliphatic carbocycles. The third kappa shape index (κ3) is 2.96. The van der Waals surface area contributed by atoms with Gasteiger partial charge in [0.2, 0.25) is 0 Å². The summed E-state index contributed by atoms with van der Waals surface area (Å²) >= 11 is 2.55. The Morgan fingerprint density at radius 2 is 2.14 bits per heavy atom. The summed E-state index contributed by atoms with van der Waals surface area (Å²) in [6, 6.07) is 5.16. The number of anilines is 1. The fourth-order valence-corrected chi connectivity index (χ4v) is 2.64. The number of hydrazine groups is 1. The fraction of sp³-hybridized carbons (Fsp3) is 0.250. The lowest BCUT2D eigenvalue weighted by atomic mass is 10.3. The molecule has 14 heavy (non-hydrogen) atoms. The smallest absolute Gasteiger partial charge is 0.288 e. The molecule has 0 atom stereocenters. The minimum absolute atomic E-state index is 0.534. The Morgan fingerprint density at radius 3 is 2.64 bits per heavy atom. The molecule has 0 saturated carbocycles. The third-order valence-corrected chi connectivity index (χ3v) is 3.81. The van der Waals surface area contributed by atoms with Crippen LogP contribution in [0.3, 0.4) is 0 Å². The van der Waals surface area contributed by atoms with Gasteiger partial charge >= 0.3 is 0 Å². The minimum atomic E-state index is -2.40. The van der Waals surface area contributed by atoms with Crippen LogP contribution in [-0.4, -0.2) is 12.8 Å². The largest absolute Gasteiger partial charge is 0.313 e. The van der Waals surface area contributed by atoms with Gasteiger partial charge in [-0.1, -0.05) is 17.8 Å². The summed E-state index contributed by atoms with van der Waals surface area (Å²) in [4.78, 5) is 0.551. The number of nitrogens with zero attached hydrogens (tertiary/aromatic N) is 1. The number of alkyl halides is 2. The Hall–Kier alpha value is -0.0800. The van der Waals surface area contributed by atoms with E-state index in [1.807, 2.05) is 22.6 Å². The van der Waals surface area contributed by atoms with Crippen molar-refractivity contribution in [2.75, 3.05) is 12.1 Å². The van der Waals surface area contributed by atoms with Crippen LogP contribution >= 0.6 is 34.4 Å². The molecule has 0 saturated heterocycles. The molecule has 0 aliphatic heterocycles. The first-order chi connectivity index (χ1) is 6.52. The molecule has 0 unspecified atom stereocenters. The standard InChI is InChI=1S/C8H9F2IN2S/c1-13(12)5-3-2-4-6(7(5)11)14-8(9)10/h2-4,8H,12H2,1H3. The van der Waals surface area contributed by atoms with Gasteiger partial charge in [-0.15, -0.1) is 0 Å². The Balaban J connectivity index is 3.01. The first kappa shape index (κ1) is 12.0. The quantitative estimate of drug-likeness (QED) is 0.400. The van der Waals surface area contributed by atoms with E-state index in [1.165, 1.54) is 5.01 Å². The topological polar surface area (TPSA) is 29.3 Å². The van der Waals surface area contributed by atoms with E-state index in [-0.39, 0.29) is 0 Å². The summed E-state index contributed by atoms with van der Waals surface area (Å²) in [5.74, 6) is 3.14. The normalized spacial score (nSPS) is 10.7. The molecule has 0 amide bonds. The molecule has 1 aromatic rings. The van der Waals surface area contributed by atoms with Gasteiger partial charge in [-0.05, 0) is 34.7 Å². The Kier molecular flexibility index (Phi) is 4.39. The molecule has 2 nitrogen and oxygen atoms in total. The number of halogens is 3. The first-order valence-corrected chi connectivity index (χ1v) is 5.70. The van der Waals surface area contributed by atoms with Gasteiger partial charge in [-0.2, -0.15) is 8.78 Å². The van der Waals surface area contributed by atoms with Crippen molar-refractivity contribution in [3.63, 3.8) is 0 Å². The number of hydrogen-bond donors (Lipinski definition) is 1. The van der Waals surface area contributed by atoms with E-state index in [0.717, 1.165) is 9.26 Å². The van der Waals surface area contributed by atoms with E-state index in [9.17, 15) is 8.78 Å². The SMILES string of the molecule is CN(N)c1cccc(SC(F)F)c1I. The van der Waals surface area contributed by atoms with Crippen molar-refractivity contribution in [1.82, 2.24) is 0 Å². The molecule has 0 bridgehead atoms. The Labute approximate surface area is 98.9 Å². The zero-order valence-electron chi connectivity index (χ0n) is 7.38. The summed E-state index contributed by atoms with van der Waals surface area (Å²) in [7, 11) is 1.67. The van der Waals surface area contributed by atoms with Crippen LogP contribution < -0.4 is 10.9 Å². The van der Waals surface area contributed by atoms with E-state index >= 15 is 0 Å². The van der Waals surface area contributed by atoms with Crippen LogP contribution in [0.2, 0.25) is 0 Å². The van der Waals surface area contributed by atoms with Crippen LogP contribution in [0.15, 0.2) is 23.1 Å². The van der Waals surface area contributed by atoms with E-state index in [2.05, 4.69) is 0 Å². The zero-order chi connectivity index (χ0) is 10.7. The molecule has 2 N–H and O–H groups in total. The van der Waals surface area contributed by atoms with Crippen LogP contribution in [0.5, 0.6) is 0 Å². The van der Waals surface area contributed by atoms with Crippen molar-refractivity contribution < 1.29 is 8.78 Å². The molecule has 0 aliphatic rings. The lowest BCUT2D eigenvalue weighted by Crippen LogP contribution is -2.25. The van der Waals surface area contributed by atoms with Crippen LogP contribution in [0.4, 0.5) is 14.5 Å². The molecule has 78 valence electrons. The summed E-state index contributed by atoms with van der Waals surface area (Å²) in [6.45, 7) is 0.